The van der Waals surface area contributed by atoms with Gasteiger partial charge in [-0.25, -0.2) is 0 Å². The maximum Gasteiger partial charge on any atom is 0.494 e. The van der Waals surface area contributed by atoms with Crippen molar-refractivity contribution in [2.75, 3.05) is 9.80 Å². The third-order valence-electron chi connectivity index (χ3n) is 22.9. The first-order valence-electron chi connectivity index (χ1n) is 42.9. The van der Waals surface area contributed by atoms with Gasteiger partial charge in [0.2, 0.25) is 0 Å². The predicted molar refractivity (Wildman–Crippen MR) is 549 cm³/mol. The van der Waals surface area contributed by atoms with E-state index < -0.39 is 0 Å². The Morgan fingerprint density at radius 2 is 0.760 bits per heavy atom. The molecular formula is C118H87AlIrN6OPS-2. The van der Waals surface area contributed by atoms with Crippen LogP contribution >= 0.6 is 20.4 Å². The summed E-state index contributed by atoms with van der Waals surface area (Å²) in [6, 6.07) is 168. The third kappa shape index (κ3) is 19.3. The minimum absolute atomic E-state index is 0. The Morgan fingerprint density at radius 1 is 0.333 bits per heavy atom. The molecule has 0 atom stereocenters. The number of anilines is 6. The van der Waals surface area contributed by atoms with Crippen molar-refractivity contribution in [2.24, 2.45) is 0 Å². The van der Waals surface area contributed by atoms with Gasteiger partial charge in [0.1, 0.15) is 11.3 Å². The van der Waals surface area contributed by atoms with Gasteiger partial charge < -0.3 is 23.6 Å². The van der Waals surface area contributed by atoms with E-state index in [2.05, 4.69) is 404 Å². The average Bonchev–Trinajstić information content (AvgIpc) is 1.64. The van der Waals surface area contributed by atoms with Crippen LogP contribution in [0, 0.1) is 24.2 Å². The molecule has 0 bridgehead atoms. The van der Waals surface area contributed by atoms with Crippen LogP contribution in [0.1, 0.15) is 6.99 Å². The first kappa shape index (κ1) is 84.9. The molecule has 620 valence electrons. The minimum Gasteiger partial charge on any atom is -0.649 e. The second-order valence-corrected chi connectivity index (χ2v) is 32.0. The molecule has 11 heteroatoms. The van der Waals surface area contributed by atoms with Crippen molar-refractivity contribution in [3.63, 3.8) is 0 Å². The predicted octanol–water partition coefficient (Wildman–Crippen LogP) is 33.1. The number of benzene rings is 19. The number of nitrogens with zero attached hydrogens (tertiary/aromatic N) is 5. The molecule has 1 N–H and O–H groups in total. The molecule has 0 fully saturated rings. The first-order chi connectivity index (χ1) is 63.8. The van der Waals surface area contributed by atoms with Gasteiger partial charge in [0.15, 0.2) is 1.41 Å². The molecule has 23 aromatic rings. The molecule has 0 amide bonds. The number of aromatic nitrogens is 3. The van der Waals surface area contributed by atoms with Crippen LogP contribution in [0.3, 0.4) is 0 Å². The molecule has 19 aromatic carbocycles. The number of para-hydroxylation sites is 3. The van der Waals surface area contributed by atoms with Crippen LogP contribution in [-0.2, 0) is 20.1 Å². The molecule has 129 heavy (non-hydrogen) atoms. The second kappa shape index (κ2) is 41.5. The summed E-state index contributed by atoms with van der Waals surface area (Å²) in [5.41, 5.74) is 22.8. The molecule has 0 aliphatic rings. The van der Waals surface area contributed by atoms with Crippen molar-refractivity contribution in [2.45, 2.75) is 6.92 Å². The van der Waals surface area contributed by atoms with Crippen molar-refractivity contribution in [1.29, 1.82) is 5.15 Å². The van der Waals surface area contributed by atoms with Crippen LogP contribution < -0.4 is 13.6 Å². The fraction of sp³-hybridized carbons (Fsp3) is 0.00847. The molecule has 23 rings (SSSR count). The fourth-order valence-corrected chi connectivity index (χ4v) is 18.3. The maximum absolute atomic E-state index is 5.75. The number of pyridine rings is 3. The number of hydrogen-bond donors (Lipinski definition) is 1. The number of hydrogen-bond acceptors (Lipinski definition) is 8. The zero-order valence-electron chi connectivity index (χ0n) is 71.7. The van der Waals surface area contributed by atoms with E-state index in [0.717, 1.165) is 73.3 Å². The standard InChI is InChI=1S/C44H32N2.C36H22S.C18H14N.C11H8N.C9H7NO.Al.Ir.H2NP.H2.H/c1-3-17-37(18-4-1)45(43-23-11-15-35-13-7-9-21-41(35)43)39-29-25-33(26-30-39)34-27-31-40(32-28-34)46(38-19-5-2-6-20-38)44-24-12-16-36-14-8-10-22-42(36)44;1-2-13-29-27(11-1)28-12-3-4-14-30(28)34-22-24(19-20-31(29)34)23-9-7-10-25(21-23)26-16-8-17-33-32-15-5-6-18-35(32)37-36(26)33;1-14-12-18(16-10-6-3-7-11-16)19-13-17(14)15-8-4-2-5-9-15;1-2-6-10(7-3-1)11-8-4-5-9-12-11;11-8-5-1-3-7-4-2-6-10-9(7)8;;;1-2;;/h1-32H;1-22H;2-10,12-13H,1H3;1-6,8-9H;1-6,11H;;;1-2H;1H;/q;;2*-1;;+1;;;;/p-1/i/hD. The Kier molecular flexibility index (Phi) is 27.3. The molecule has 2 radical (unpaired) electrons. The van der Waals surface area contributed by atoms with Gasteiger partial charge in [-0.15, -0.1) is 83.1 Å². The monoisotopic (exact) mass is 1890 g/mol. The number of fused-ring (bicyclic) bond motifs is 12. The van der Waals surface area contributed by atoms with Crippen LogP contribution in [0.15, 0.2) is 480 Å². The summed E-state index contributed by atoms with van der Waals surface area (Å²) < 4.78 is 13.6. The van der Waals surface area contributed by atoms with Gasteiger partial charge in [-0.1, -0.05) is 315 Å². The molecule has 4 heterocycles. The Bertz CT molecular complexity index is 7540. The topological polar surface area (TPSA) is 78.2 Å². The number of nitrogens with one attached hydrogen (secondary N) is 1. The number of rotatable bonds is 13. The second-order valence-electron chi connectivity index (χ2n) is 30.6. The Hall–Kier alpha value is -14.9. The molecular weight excluding hydrogens is 1800 g/mol. The summed E-state index contributed by atoms with van der Waals surface area (Å²) in [5, 5.41) is 19.1. The zero-order valence-corrected chi connectivity index (χ0v) is 76.3. The third-order valence-corrected chi connectivity index (χ3v) is 24.4. The van der Waals surface area contributed by atoms with Crippen molar-refractivity contribution in [3.05, 3.63) is 497 Å². The smallest absolute Gasteiger partial charge is 0.494 e. The van der Waals surface area contributed by atoms with Crippen molar-refractivity contribution >= 4 is 156 Å². The molecule has 4 aromatic heterocycles. The van der Waals surface area contributed by atoms with Gasteiger partial charge >= 0.3 is 16.6 Å². The van der Waals surface area contributed by atoms with E-state index in [0.29, 0.717) is 0 Å². The molecule has 0 aliphatic heterocycles. The summed E-state index contributed by atoms with van der Waals surface area (Å²) in [6.45, 7) is 2.12. The quantitative estimate of drug-likeness (QED) is 0.0536. The molecule has 0 saturated carbocycles. The first-order valence-corrected chi connectivity index (χ1v) is 44.3. The van der Waals surface area contributed by atoms with E-state index in [1.807, 2.05) is 133 Å². The van der Waals surface area contributed by atoms with Gasteiger partial charge in [0, 0.05) is 105 Å². The van der Waals surface area contributed by atoms with Crippen molar-refractivity contribution < 1.29 is 26.7 Å². The average molecular weight is 1890 g/mol. The van der Waals surface area contributed by atoms with Crippen molar-refractivity contribution in [3.8, 4) is 72.8 Å². The summed E-state index contributed by atoms with van der Waals surface area (Å²) in [4.78, 5) is 17.7. The SMILES string of the molecule is Cc1cc(-c2[c-]cccc2)ncc1-c1ccccc1.[2H]N=P.[AlH][O]c1cccc2cccnc12.[HH].[Ir].[c-]1ccccc1-c1ccccn1.c1cc(-c2ccc3c4ccccc4c4ccccc4c3c2)cc(-c2cccc3c2sc2ccccc23)c1.c1ccc(N(c2ccc(-c3ccc(N(c4ccccc4)c4cccc5ccccc45)cc3)cc2)c2cccc3ccccc23)cc1. The molecule has 0 unspecified atom stereocenters. The van der Waals surface area contributed by atoms with Gasteiger partial charge in [-0.3, -0.25) is 10.1 Å². The molecule has 0 spiro atoms. The summed E-state index contributed by atoms with van der Waals surface area (Å²) in [7, 11) is 2.48. The normalized spacial score (nSPS) is 10.8. The van der Waals surface area contributed by atoms with Crippen LogP contribution in [-0.4, -0.2) is 31.6 Å². The Morgan fingerprint density at radius 3 is 1.33 bits per heavy atom. The maximum atomic E-state index is 5.75. The van der Waals surface area contributed by atoms with E-state index in [1.54, 1.807) is 12.4 Å². The van der Waals surface area contributed by atoms with E-state index >= 15 is 0 Å². The van der Waals surface area contributed by atoms with E-state index in [9.17, 15) is 0 Å². The van der Waals surface area contributed by atoms with Crippen LogP contribution in [0.25, 0.3) is 152 Å². The molecule has 7 nitrogen and oxygen atoms in total. The minimum atomic E-state index is 0. The van der Waals surface area contributed by atoms with E-state index in [4.69, 9.17) is 5.20 Å². The molecule has 0 saturated heterocycles. The van der Waals surface area contributed by atoms with E-state index in [-0.39, 0.29) is 21.5 Å². The van der Waals surface area contributed by atoms with Gasteiger partial charge in [0.25, 0.3) is 0 Å². The van der Waals surface area contributed by atoms with E-state index in [1.165, 1.54) is 141 Å². The van der Waals surface area contributed by atoms with Crippen LogP contribution in [0.5, 0.6) is 5.75 Å². The van der Waals surface area contributed by atoms with Crippen molar-refractivity contribution in [1.82, 2.24) is 15.0 Å². The van der Waals surface area contributed by atoms with Gasteiger partial charge in [-0.05, 0) is 212 Å². The summed E-state index contributed by atoms with van der Waals surface area (Å²) in [6.07, 6.45) is 5.50. The summed E-state index contributed by atoms with van der Waals surface area (Å²) in [5.74, 6) is 0.839. The number of aryl methyl sites for hydroxylation is 1. The zero-order chi connectivity index (χ0) is 87.5. The van der Waals surface area contributed by atoms with Crippen LogP contribution in [0.2, 0.25) is 1.41 Å². The van der Waals surface area contributed by atoms with Gasteiger partial charge in [0.05, 0.1) is 11.4 Å². The largest absolute Gasteiger partial charge is 0.649 e. The Labute approximate surface area is 783 Å². The summed E-state index contributed by atoms with van der Waals surface area (Å²) >= 11 is 3.36. The number of thiophene rings is 1. The molecule has 0 aliphatic carbocycles. The van der Waals surface area contributed by atoms with Crippen LogP contribution in [0.4, 0.5) is 34.1 Å². The van der Waals surface area contributed by atoms with Gasteiger partial charge in [-0.2, -0.15) is 0 Å². The fourth-order valence-electron chi connectivity index (χ4n) is 16.8. The Balaban J connectivity index is 0.000000130.